The van der Waals surface area contributed by atoms with E-state index >= 15 is 0 Å². The van der Waals surface area contributed by atoms with Gasteiger partial charge in [-0.3, -0.25) is 9.67 Å². The Balaban J connectivity index is 2.08. The highest BCUT2D eigenvalue weighted by Gasteiger charge is 2.09. The van der Waals surface area contributed by atoms with Crippen molar-refractivity contribution in [1.82, 2.24) is 14.8 Å². The molecular formula is C18H21N3. The summed E-state index contributed by atoms with van der Waals surface area (Å²) in [6, 6.07) is 8.98. The van der Waals surface area contributed by atoms with Crippen molar-refractivity contribution in [2.45, 2.75) is 39.7 Å². The van der Waals surface area contributed by atoms with Gasteiger partial charge >= 0.3 is 0 Å². The molecule has 3 nitrogen and oxygen atoms in total. The number of fused-ring (bicyclic) bond motifs is 1. The Morgan fingerprint density at radius 1 is 1.05 bits per heavy atom. The van der Waals surface area contributed by atoms with E-state index in [0.29, 0.717) is 12.0 Å². The zero-order chi connectivity index (χ0) is 15.0. The fourth-order valence-electron chi connectivity index (χ4n) is 2.61. The molecule has 0 aliphatic heterocycles. The highest BCUT2D eigenvalue weighted by Crippen LogP contribution is 2.28. The average molecular weight is 279 g/mol. The normalized spacial score (nSPS) is 11.7. The summed E-state index contributed by atoms with van der Waals surface area (Å²) in [5, 5.41) is 6.88. The summed E-state index contributed by atoms with van der Waals surface area (Å²) in [7, 11) is 0. The lowest BCUT2D eigenvalue weighted by molar-refractivity contribution is 0.532. The summed E-state index contributed by atoms with van der Waals surface area (Å²) >= 11 is 0. The fourth-order valence-corrected chi connectivity index (χ4v) is 2.61. The van der Waals surface area contributed by atoms with Crippen molar-refractivity contribution in [3.8, 4) is 11.3 Å². The van der Waals surface area contributed by atoms with E-state index in [2.05, 4.69) is 68.2 Å². The lowest BCUT2D eigenvalue weighted by Gasteiger charge is -2.10. The van der Waals surface area contributed by atoms with E-state index in [4.69, 9.17) is 0 Å². The van der Waals surface area contributed by atoms with Gasteiger partial charge in [-0.15, -0.1) is 0 Å². The minimum atomic E-state index is 0.367. The maximum Gasteiger partial charge on any atom is 0.0739 e. The predicted octanol–water partition coefficient (Wildman–Crippen LogP) is 4.80. The van der Waals surface area contributed by atoms with Crippen LogP contribution in [-0.2, 0) is 0 Å². The summed E-state index contributed by atoms with van der Waals surface area (Å²) < 4.78 is 1.96. The van der Waals surface area contributed by atoms with Gasteiger partial charge in [0.2, 0.25) is 0 Å². The van der Waals surface area contributed by atoms with E-state index in [1.165, 1.54) is 16.3 Å². The lowest BCUT2D eigenvalue weighted by atomic mass is 9.97. The highest BCUT2D eigenvalue weighted by molar-refractivity contribution is 5.88. The molecule has 21 heavy (non-hydrogen) atoms. The minimum Gasteiger partial charge on any atom is -0.270 e. The number of hydrogen-bond acceptors (Lipinski definition) is 2. The van der Waals surface area contributed by atoms with E-state index < -0.39 is 0 Å². The molecule has 0 bridgehead atoms. The van der Waals surface area contributed by atoms with Gasteiger partial charge in [0.1, 0.15) is 0 Å². The van der Waals surface area contributed by atoms with Gasteiger partial charge in [0.25, 0.3) is 0 Å². The molecule has 0 N–H and O–H groups in total. The second-order valence-electron chi connectivity index (χ2n) is 6.10. The molecule has 0 saturated carbocycles. The summed E-state index contributed by atoms with van der Waals surface area (Å²) in [5.74, 6) is 0.505. The molecular weight excluding hydrogens is 258 g/mol. The first kappa shape index (κ1) is 13.8. The molecule has 0 aliphatic carbocycles. The van der Waals surface area contributed by atoms with Gasteiger partial charge in [-0.25, -0.2) is 0 Å². The molecule has 0 saturated heterocycles. The zero-order valence-corrected chi connectivity index (χ0v) is 13.0. The number of pyridine rings is 1. The Morgan fingerprint density at radius 3 is 2.52 bits per heavy atom. The van der Waals surface area contributed by atoms with Gasteiger partial charge in [0.05, 0.1) is 11.9 Å². The van der Waals surface area contributed by atoms with Crippen LogP contribution in [0.3, 0.4) is 0 Å². The number of aromatic nitrogens is 3. The molecule has 0 fully saturated rings. The van der Waals surface area contributed by atoms with Crippen molar-refractivity contribution in [2.75, 3.05) is 0 Å². The summed E-state index contributed by atoms with van der Waals surface area (Å²) in [6.45, 7) is 8.68. The average Bonchev–Trinajstić information content (AvgIpc) is 2.96. The van der Waals surface area contributed by atoms with Crippen molar-refractivity contribution in [3.05, 3.63) is 48.4 Å². The van der Waals surface area contributed by atoms with Crippen LogP contribution in [0, 0.1) is 0 Å². The summed E-state index contributed by atoms with van der Waals surface area (Å²) in [5.41, 5.74) is 3.40. The molecule has 108 valence electrons. The van der Waals surface area contributed by atoms with E-state index in [0.717, 1.165) is 11.3 Å². The molecule has 2 aromatic heterocycles. The topological polar surface area (TPSA) is 30.7 Å². The van der Waals surface area contributed by atoms with E-state index in [1.807, 2.05) is 17.1 Å². The van der Waals surface area contributed by atoms with Gasteiger partial charge in [-0.05, 0) is 36.8 Å². The van der Waals surface area contributed by atoms with E-state index in [1.54, 1.807) is 0 Å². The SMILES string of the molecule is CC(C)c1cccc2cc(-c3cnn(C(C)C)c3)ncc12. The Morgan fingerprint density at radius 2 is 1.86 bits per heavy atom. The number of hydrogen-bond donors (Lipinski definition) is 0. The van der Waals surface area contributed by atoms with Crippen LogP contribution in [0.2, 0.25) is 0 Å². The van der Waals surface area contributed by atoms with E-state index in [-0.39, 0.29) is 0 Å². The molecule has 0 atom stereocenters. The third-order valence-electron chi connectivity index (χ3n) is 3.85. The van der Waals surface area contributed by atoms with Crippen LogP contribution < -0.4 is 0 Å². The molecule has 0 spiro atoms. The van der Waals surface area contributed by atoms with Crippen LogP contribution in [0.5, 0.6) is 0 Å². The molecule has 3 rings (SSSR count). The first-order valence-electron chi connectivity index (χ1n) is 7.49. The first-order chi connectivity index (χ1) is 10.1. The molecule has 1 aromatic carbocycles. The third kappa shape index (κ3) is 2.56. The summed E-state index contributed by atoms with van der Waals surface area (Å²) in [4.78, 5) is 4.64. The van der Waals surface area contributed by atoms with Crippen molar-refractivity contribution in [3.63, 3.8) is 0 Å². The monoisotopic (exact) mass is 279 g/mol. The van der Waals surface area contributed by atoms with Gasteiger partial charge < -0.3 is 0 Å². The first-order valence-corrected chi connectivity index (χ1v) is 7.49. The van der Waals surface area contributed by atoms with Crippen molar-refractivity contribution in [1.29, 1.82) is 0 Å². The number of rotatable bonds is 3. The van der Waals surface area contributed by atoms with Gasteiger partial charge in [0, 0.05) is 29.4 Å². The minimum absolute atomic E-state index is 0.367. The van der Waals surface area contributed by atoms with Crippen LogP contribution in [0.4, 0.5) is 0 Å². The second kappa shape index (κ2) is 5.32. The van der Waals surface area contributed by atoms with Crippen molar-refractivity contribution in [2.24, 2.45) is 0 Å². The lowest BCUT2D eigenvalue weighted by Crippen LogP contribution is -1.99. The molecule has 0 radical (unpaired) electrons. The second-order valence-corrected chi connectivity index (χ2v) is 6.10. The largest absolute Gasteiger partial charge is 0.270 e. The van der Waals surface area contributed by atoms with Crippen LogP contribution in [0.15, 0.2) is 42.9 Å². The molecule has 0 amide bonds. The zero-order valence-electron chi connectivity index (χ0n) is 13.0. The predicted molar refractivity (Wildman–Crippen MR) is 87.4 cm³/mol. The van der Waals surface area contributed by atoms with Crippen LogP contribution >= 0.6 is 0 Å². The van der Waals surface area contributed by atoms with Crippen molar-refractivity contribution < 1.29 is 0 Å². The molecule has 3 heteroatoms. The standard InChI is InChI=1S/C18H21N3/c1-12(2)16-7-5-6-14-8-18(19-10-17(14)16)15-9-20-21(11-15)13(3)4/h5-13H,1-4H3. The molecule has 2 heterocycles. The van der Waals surface area contributed by atoms with Gasteiger partial charge in [-0.1, -0.05) is 32.0 Å². The molecule has 0 aliphatic rings. The Labute approximate surface area is 125 Å². The Kier molecular flexibility index (Phi) is 3.50. The fraction of sp³-hybridized carbons (Fsp3) is 0.333. The van der Waals surface area contributed by atoms with E-state index in [9.17, 15) is 0 Å². The van der Waals surface area contributed by atoms with Crippen LogP contribution in [0.1, 0.15) is 45.2 Å². The Bertz CT molecular complexity index is 769. The summed E-state index contributed by atoms with van der Waals surface area (Å²) in [6.07, 6.45) is 5.94. The van der Waals surface area contributed by atoms with Gasteiger partial charge in [-0.2, -0.15) is 5.10 Å². The quantitative estimate of drug-likeness (QED) is 0.689. The van der Waals surface area contributed by atoms with Crippen LogP contribution in [-0.4, -0.2) is 14.8 Å². The number of benzene rings is 1. The maximum atomic E-state index is 4.64. The smallest absolute Gasteiger partial charge is 0.0739 e. The molecule has 0 unspecified atom stereocenters. The highest BCUT2D eigenvalue weighted by atomic mass is 15.3. The molecule has 3 aromatic rings. The Hall–Kier alpha value is -2.16. The van der Waals surface area contributed by atoms with Crippen molar-refractivity contribution >= 4 is 10.8 Å². The maximum absolute atomic E-state index is 4.64. The number of nitrogens with zero attached hydrogens (tertiary/aromatic N) is 3. The van der Waals surface area contributed by atoms with Crippen LogP contribution in [0.25, 0.3) is 22.0 Å². The van der Waals surface area contributed by atoms with Gasteiger partial charge in [0.15, 0.2) is 0 Å². The third-order valence-corrected chi connectivity index (χ3v) is 3.85.